The van der Waals surface area contributed by atoms with Crippen LogP contribution < -0.4 is 9.47 Å². The standard InChI is InChI=1S/C21H31NO7S/c1-5-7-11-28-18-9-8-16(13-19(18)27-4)21(24)29-15(3)20(23)22(6-2)17-10-12-30(25,26)14-17/h8-9,13,15,17H,5-7,10-12,14H2,1-4H3. The molecule has 0 bridgehead atoms. The highest BCUT2D eigenvalue weighted by molar-refractivity contribution is 7.91. The van der Waals surface area contributed by atoms with E-state index in [1.807, 2.05) is 0 Å². The van der Waals surface area contributed by atoms with Crippen molar-refractivity contribution in [1.82, 2.24) is 4.90 Å². The Balaban J connectivity index is 2.04. The minimum Gasteiger partial charge on any atom is -0.493 e. The zero-order valence-corrected chi connectivity index (χ0v) is 18.9. The van der Waals surface area contributed by atoms with Crippen LogP contribution in [0.25, 0.3) is 0 Å². The van der Waals surface area contributed by atoms with Gasteiger partial charge in [-0.15, -0.1) is 0 Å². The number of unbranched alkanes of at least 4 members (excludes halogenated alkanes) is 1. The SMILES string of the molecule is CCCCOc1ccc(C(=O)OC(C)C(=O)N(CC)C2CCS(=O)(=O)C2)cc1OC. The number of amides is 1. The van der Waals surface area contributed by atoms with Crippen LogP contribution in [-0.2, 0) is 19.4 Å². The highest BCUT2D eigenvalue weighted by Gasteiger charge is 2.36. The smallest absolute Gasteiger partial charge is 0.339 e. The second kappa shape index (κ2) is 10.7. The van der Waals surface area contributed by atoms with Crippen LogP contribution in [0.2, 0.25) is 0 Å². The minimum atomic E-state index is -3.12. The van der Waals surface area contributed by atoms with Gasteiger partial charge in [-0.1, -0.05) is 13.3 Å². The van der Waals surface area contributed by atoms with E-state index in [9.17, 15) is 18.0 Å². The van der Waals surface area contributed by atoms with Crippen molar-refractivity contribution < 1.29 is 32.2 Å². The summed E-state index contributed by atoms with van der Waals surface area (Å²) >= 11 is 0. The van der Waals surface area contributed by atoms with E-state index in [2.05, 4.69) is 6.92 Å². The molecule has 168 valence electrons. The molecule has 1 aliphatic rings. The van der Waals surface area contributed by atoms with Gasteiger partial charge < -0.3 is 19.1 Å². The zero-order valence-electron chi connectivity index (χ0n) is 18.0. The molecular weight excluding hydrogens is 410 g/mol. The lowest BCUT2D eigenvalue weighted by atomic mass is 10.2. The molecule has 1 fully saturated rings. The number of sulfone groups is 1. The number of ether oxygens (including phenoxy) is 3. The Morgan fingerprint density at radius 3 is 2.53 bits per heavy atom. The molecule has 1 heterocycles. The topological polar surface area (TPSA) is 99.2 Å². The molecule has 0 radical (unpaired) electrons. The van der Waals surface area contributed by atoms with Gasteiger partial charge in [0.1, 0.15) is 0 Å². The normalized spacial score (nSPS) is 18.5. The van der Waals surface area contributed by atoms with E-state index in [4.69, 9.17) is 14.2 Å². The van der Waals surface area contributed by atoms with Crippen molar-refractivity contribution in [2.45, 2.75) is 52.2 Å². The second-order valence-electron chi connectivity index (χ2n) is 7.30. The van der Waals surface area contributed by atoms with E-state index in [0.717, 1.165) is 12.8 Å². The first-order chi connectivity index (χ1) is 14.2. The molecule has 1 saturated heterocycles. The Morgan fingerprint density at radius 2 is 1.97 bits per heavy atom. The lowest BCUT2D eigenvalue weighted by Gasteiger charge is -2.29. The molecule has 0 N–H and O–H groups in total. The van der Waals surface area contributed by atoms with Crippen molar-refractivity contribution in [1.29, 1.82) is 0 Å². The summed E-state index contributed by atoms with van der Waals surface area (Å²) in [6.07, 6.45) is 1.27. The maximum atomic E-state index is 12.8. The Bertz CT molecular complexity index is 853. The molecule has 0 aromatic heterocycles. The number of carbonyl (C=O) groups excluding carboxylic acids is 2. The number of carbonyl (C=O) groups is 2. The summed E-state index contributed by atoms with van der Waals surface area (Å²) in [4.78, 5) is 26.8. The van der Waals surface area contributed by atoms with Gasteiger partial charge in [-0.25, -0.2) is 13.2 Å². The zero-order chi connectivity index (χ0) is 22.3. The molecule has 1 aromatic rings. The number of hydrogen-bond acceptors (Lipinski definition) is 7. The monoisotopic (exact) mass is 441 g/mol. The molecule has 0 aliphatic carbocycles. The van der Waals surface area contributed by atoms with Crippen molar-refractivity contribution in [3.05, 3.63) is 23.8 Å². The molecule has 9 heteroatoms. The van der Waals surface area contributed by atoms with Crippen LogP contribution in [0.15, 0.2) is 18.2 Å². The lowest BCUT2D eigenvalue weighted by molar-refractivity contribution is -0.141. The van der Waals surface area contributed by atoms with Crippen LogP contribution in [0.4, 0.5) is 0 Å². The quantitative estimate of drug-likeness (QED) is 0.406. The Morgan fingerprint density at radius 1 is 1.23 bits per heavy atom. The minimum absolute atomic E-state index is 0.0516. The first kappa shape index (κ1) is 24.0. The Kier molecular flexibility index (Phi) is 8.52. The fourth-order valence-electron chi connectivity index (χ4n) is 3.37. The van der Waals surface area contributed by atoms with Crippen molar-refractivity contribution in [2.75, 3.05) is 31.8 Å². The average molecular weight is 442 g/mol. The molecule has 2 unspecified atom stereocenters. The number of likely N-dealkylation sites (N-methyl/N-ethyl adjacent to an activating group) is 1. The van der Waals surface area contributed by atoms with E-state index >= 15 is 0 Å². The number of nitrogens with zero attached hydrogens (tertiary/aromatic N) is 1. The van der Waals surface area contributed by atoms with E-state index in [1.54, 1.807) is 19.1 Å². The van der Waals surface area contributed by atoms with Gasteiger partial charge in [0, 0.05) is 12.6 Å². The van der Waals surface area contributed by atoms with Gasteiger partial charge in [0.25, 0.3) is 5.91 Å². The van der Waals surface area contributed by atoms with E-state index < -0.39 is 27.8 Å². The van der Waals surface area contributed by atoms with Crippen LogP contribution in [0.3, 0.4) is 0 Å². The molecule has 1 amide bonds. The molecule has 1 aromatic carbocycles. The van der Waals surface area contributed by atoms with Crippen molar-refractivity contribution in [3.8, 4) is 11.5 Å². The average Bonchev–Trinajstić information content (AvgIpc) is 3.07. The number of rotatable bonds is 10. The van der Waals surface area contributed by atoms with Crippen molar-refractivity contribution in [3.63, 3.8) is 0 Å². The van der Waals surface area contributed by atoms with Gasteiger partial charge in [0.2, 0.25) is 0 Å². The molecule has 0 spiro atoms. The summed E-state index contributed by atoms with van der Waals surface area (Å²) in [6, 6.07) is 4.33. The molecular formula is C21H31NO7S. The van der Waals surface area contributed by atoms with Gasteiger partial charge in [-0.05, 0) is 44.9 Å². The molecule has 8 nitrogen and oxygen atoms in total. The molecule has 0 saturated carbocycles. The summed E-state index contributed by atoms with van der Waals surface area (Å²) in [7, 11) is -1.64. The number of hydrogen-bond donors (Lipinski definition) is 0. The molecule has 2 rings (SSSR count). The third-order valence-corrected chi connectivity index (χ3v) is 6.81. The van der Waals surface area contributed by atoms with E-state index in [1.165, 1.54) is 25.0 Å². The van der Waals surface area contributed by atoms with Gasteiger partial charge in [0.15, 0.2) is 27.4 Å². The van der Waals surface area contributed by atoms with Crippen LogP contribution in [-0.4, -0.2) is 69.1 Å². The summed E-state index contributed by atoms with van der Waals surface area (Å²) in [5.41, 5.74) is 0.237. The maximum absolute atomic E-state index is 12.8. The largest absolute Gasteiger partial charge is 0.493 e. The predicted molar refractivity (Wildman–Crippen MR) is 113 cm³/mol. The fraction of sp³-hybridized carbons (Fsp3) is 0.619. The van der Waals surface area contributed by atoms with Crippen LogP contribution in [0, 0.1) is 0 Å². The Hall–Kier alpha value is -2.29. The van der Waals surface area contributed by atoms with Crippen LogP contribution >= 0.6 is 0 Å². The summed E-state index contributed by atoms with van der Waals surface area (Å²) in [5, 5.41) is 0. The predicted octanol–water partition coefficient (Wildman–Crippen LogP) is 2.46. The first-order valence-corrected chi connectivity index (χ1v) is 12.1. The highest BCUT2D eigenvalue weighted by atomic mass is 32.2. The van der Waals surface area contributed by atoms with Gasteiger partial charge in [-0.2, -0.15) is 0 Å². The Labute approximate surface area is 178 Å². The van der Waals surface area contributed by atoms with Gasteiger partial charge >= 0.3 is 5.97 Å². The van der Waals surface area contributed by atoms with E-state index in [0.29, 0.717) is 31.1 Å². The van der Waals surface area contributed by atoms with Crippen molar-refractivity contribution >= 4 is 21.7 Å². The van der Waals surface area contributed by atoms with E-state index in [-0.39, 0.29) is 23.1 Å². The number of esters is 1. The fourth-order valence-corrected chi connectivity index (χ4v) is 5.10. The third kappa shape index (κ3) is 6.10. The molecule has 30 heavy (non-hydrogen) atoms. The molecule has 2 atom stereocenters. The summed E-state index contributed by atoms with van der Waals surface area (Å²) < 4.78 is 39.8. The number of methoxy groups -OCH3 is 1. The first-order valence-electron chi connectivity index (χ1n) is 10.2. The second-order valence-corrected chi connectivity index (χ2v) is 9.53. The maximum Gasteiger partial charge on any atom is 0.339 e. The molecule has 1 aliphatic heterocycles. The number of benzene rings is 1. The van der Waals surface area contributed by atoms with Gasteiger partial charge in [0.05, 0.1) is 30.8 Å². The van der Waals surface area contributed by atoms with Crippen molar-refractivity contribution in [2.24, 2.45) is 0 Å². The summed E-state index contributed by atoms with van der Waals surface area (Å²) in [6.45, 7) is 6.23. The lowest BCUT2D eigenvalue weighted by Crippen LogP contribution is -2.46. The van der Waals surface area contributed by atoms with Crippen LogP contribution in [0.5, 0.6) is 11.5 Å². The summed E-state index contributed by atoms with van der Waals surface area (Å²) in [5.74, 6) is -0.104. The van der Waals surface area contributed by atoms with Crippen LogP contribution in [0.1, 0.15) is 50.4 Å². The van der Waals surface area contributed by atoms with Gasteiger partial charge in [-0.3, -0.25) is 4.79 Å². The highest BCUT2D eigenvalue weighted by Crippen LogP contribution is 2.29. The third-order valence-electron chi connectivity index (χ3n) is 5.06.